The molecule has 1 aromatic heterocycles. The number of hydrogen-bond acceptors (Lipinski definition) is 5. The molecule has 1 amide bonds. The summed E-state index contributed by atoms with van der Waals surface area (Å²) in [5.74, 6) is 1.06. The first kappa shape index (κ1) is 22.6. The van der Waals surface area contributed by atoms with Gasteiger partial charge in [-0.3, -0.25) is 10.2 Å². The van der Waals surface area contributed by atoms with E-state index >= 15 is 0 Å². The van der Waals surface area contributed by atoms with Gasteiger partial charge in [0.1, 0.15) is 11.5 Å². The fourth-order valence-corrected chi connectivity index (χ4v) is 5.03. The number of piperidine rings is 1. The van der Waals surface area contributed by atoms with Gasteiger partial charge in [0.2, 0.25) is 0 Å². The van der Waals surface area contributed by atoms with Gasteiger partial charge in [-0.15, -0.1) is 0 Å². The summed E-state index contributed by atoms with van der Waals surface area (Å²) in [5.41, 5.74) is 2.38. The van der Waals surface area contributed by atoms with Crippen LogP contribution in [0.25, 0.3) is 0 Å². The number of rotatable bonds is 7. The van der Waals surface area contributed by atoms with Gasteiger partial charge in [-0.05, 0) is 62.6 Å². The van der Waals surface area contributed by atoms with Crippen LogP contribution in [-0.2, 0) is 7.05 Å². The van der Waals surface area contributed by atoms with Crippen LogP contribution in [0.4, 0.5) is 0 Å². The van der Waals surface area contributed by atoms with Crippen molar-refractivity contribution in [1.82, 2.24) is 19.1 Å². The van der Waals surface area contributed by atoms with Crippen LogP contribution in [0.3, 0.4) is 0 Å². The lowest BCUT2D eigenvalue weighted by molar-refractivity contribution is 0.0949. The first-order valence-electron chi connectivity index (χ1n) is 10.8. The number of nitrogens with one attached hydrogen (secondary N) is 3. The van der Waals surface area contributed by atoms with E-state index in [2.05, 4.69) is 23.5 Å². The topological polar surface area (TPSA) is 88.2 Å². The minimum absolute atomic E-state index is 0.148. The smallest absolute Gasteiger partial charge is 0.268 e. The highest BCUT2D eigenvalue weighted by atomic mass is 32.2. The quantitative estimate of drug-likeness (QED) is 0.351. The number of carbonyl (C=O) groups is 1. The van der Waals surface area contributed by atoms with E-state index in [0.717, 1.165) is 55.5 Å². The Bertz CT molecular complexity index is 816. The van der Waals surface area contributed by atoms with Crippen LogP contribution in [0.2, 0.25) is 0 Å². The van der Waals surface area contributed by atoms with Crippen molar-refractivity contribution in [2.75, 3.05) is 32.7 Å². The highest BCUT2D eigenvalue weighted by molar-refractivity contribution is 7.97. The summed E-state index contributed by atoms with van der Waals surface area (Å²) in [6.07, 6.45) is 7.41. The summed E-state index contributed by atoms with van der Waals surface area (Å²) < 4.78 is 4.34. The maximum atomic E-state index is 12.9. The molecule has 3 N–H and O–H groups in total. The molecule has 0 spiro atoms. The number of amidine groups is 1. The number of allylic oxidation sites excluding steroid dienone is 1. The monoisotopic (exact) mass is 430 g/mol. The van der Waals surface area contributed by atoms with Gasteiger partial charge < -0.3 is 20.2 Å². The summed E-state index contributed by atoms with van der Waals surface area (Å²) in [6, 6.07) is 1.97. The molecule has 1 aromatic rings. The highest BCUT2D eigenvalue weighted by Gasteiger charge is 2.22. The molecule has 0 bridgehead atoms. The minimum atomic E-state index is -0.148. The Morgan fingerprint density at radius 2 is 1.93 bits per heavy atom. The largest absolute Gasteiger partial charge is 0.357 e. The van der Waals surface area contributed by atoms with Crippen molar-refractivity contribution in [3.05, 3.63) is 29.1 Å². The molecular weight excluding hydrogens is 396 g/mol. The van der Waals surface area contributed by atoms with Gasteiger partial charge in [0, 0.05) is 62.1 Å². The zero-order valence-corrected chi connectivity index (χ0v) is 19.1. The van der Waals surface area contributed by atoms with Gasteiger partial charge in [-0.2, -0.15) is 0 Å². The van der Waals surface area contributed by atoms with Crippen molar-refractivity contribution < 1.29 is 4.79 Å². The Kier molecular flexibility index (Phi) is 7.77. The summed E-state index contributed by atoms with van der Waals surface area (Å²) >= 11 is 1.75. The average Bonchev–Trinajstić information content (AvgIpc) is 3.37. The molecule has 0 aliphatic carbocycles. The molecular formula is C22H34N6OS. The first-order valence-corrected chi connectivity index (χ1v) is 11.6. The van der Waals surface area contributed by atoms with E-state index in [-0.39, 0.29) is 12.5 Å². The summed E-state index contributed by atoms with van der Waals surface area (Å²) in [6.45, 7) is 8.51. The standard InChI is InChI=1S/C22H34N6OS/c1-16-7-12-28(13-8-16)30-20-14-19(26(3)17(20)2)22(29)25-15-18(6-9-23)21(24)27-10-4-5-11-27/h6,9,14,16,23-24H,4-5,7-8,10-13,15H2,1-3H3,(H,25,29)/b18-6-,23-9?,24-21?. The molecule has 7 nitrogen and oxygen atoms in total. The summed E-state index contributed by atoms with van der Waals surface area (Å²) in [7, 11) is 1.92. The second-order valence-electron chi connectivity index (χ2n) is 8.33. The minimum Gasteiger partial charge on any atom is -0.357 e. The average molecular weight is 431 g/mol. The van der Waals surface area contributed by atoms with Crippen molar-refractivity contribution in [1.29, 1.82) is 10.8 Å². The van der Waals surface area contributed by atoms with Crippen LogP contribution in [0, 0.1) is 23.7 Å². The third kappa shape index (κ3) is 5.35. The van der Waals surface area contributed by atoms with Crippen LogP contribution in [0.5, 0.6) is 0 Å². The number of carbonyl (C=O) groups excluding carboxylic acids is 1. The maximum absolute atomic E-state index is 12.9. The van der Waals surface area contributed by atoms with E-state index in [4.69, 9.17) is 10.8 Å². The molecule has 0 aromatic carbocycles. The van der Waals surface area contributed by atoms with Crippen molar-refractivity contribution in [2.45, 2.75) is 44.4 Å². The number of amides is 1. The van der Waals surface area contributed by atoms with Gasteiger partial charge in [0.05, 0.1) is 0 Å². The number of likely N-dealkylation sites (tertiary alicyclic amines) is 1. The Balaban J connectivity index is 1.63. The van der Waals surface area contributed by atoms with Gasteiger partial charge in [0.15, 0.2) is 0 Å². The maximum Gasteiger partial charge on any atom is 0.268 e. The van der Waals surface area contributed by atoms with E-state index < -0.39 is 0 Å². The zero-order chi connectivity index (χ0) is 21.7. The lowest BCUT2D eigenvalue weighted by Gasteiger charge is -2.28. The first-order chi connectivity index (χ1) is 14.4. The summed E-state index contributed by atoms with van der Waals surface area (Å²) in [4.78, 5) is 16.0. The molecule has 2 fully saturated rings. The Morgan fingerprint density at radius 3 is 2.57 bits per heavy atom. The highest BCUT2D eigenvalue weighted by Crippen LogP contribution is 2.32. The molecule has 0 unspecified atom stereocenters. The van der Waals surface area contributed by atoms with E-state index in [0.29, 0.717) is 17.1 Å². The van der Waals surface area contributed by atoms with Crippen molar-refractivity contribution in [2.24, 2.45) is 13.0 Å². The molecule has 3 heterocycles. The van der Waals surface area contributed by atoms with Gasteiger partial charge in [-0.1, -0.05) is 6.92 Å². The van der Waals surface area contributed by atoms with Crippen molar-refractivity contribution in [3.8, 4) is 0 Å². The molecule has 30 heavy (non-hydrogen) atoms. The predicted molar refractivity (Wildman–Crippen MR) is 124 cm³/mol. The second-order valence-corrected chi connectivity index (χ2v) is 9.46. The molecule has 0 atom stereocenters. The van der Waals surface area contributed by atoms with E-state index in [9.17, 15) is 4.79 Å². The van der Waals surface area contributed by atoms with Crippen LogP contribution < -0.4 is 5.32 Å². The zero-order valence-electron chi connectivity index (χ0n) is 18.3. The van der Waals surface area contributed by atoms with Crippen LogP contribution in [0.1, 0.15) is 48.8 Å². The Hall–Kier alpha value is -2.06. The molecule has 2 aliphatic rings. The molecule has 3 rings (SSSR count). The third-order valence-electron chi connectivity index (χ3n) is 6.14. The Morgan fingerprint density at radius 1 is 1.27 bits per heavy atom. The van der Waals surface area contributed by atoms with Gasteiger partial charge in [-0.25, -0.2) is 4.31 Å². The fourth-order valence-electron chi connectivity index (χ4n) is 3.93. The number of hydrogen-bond donors (Lipinski definition) is 3. The second kappa shape index (κ2) is 10.3. The number of aromatic nitrogens is 1. The molecule has 0 saturated carbocycles. The normalized spacial score (nSPS) is 18.6. The molecule has 0 radical (unpaired) electrons. The van der Waals surface area contributed by atoms with E-state index in [1.807, 2.05) is 22.6 Å². The lowest BCUT2D eigenvalue weighted by atomic mass is 10.0. The van der Waals surface area contributed by atoms with Crippen molar-refractivity contribution >= 4 is 29.9 Å². The SMILES string of the molecule is Cc1c(SN2CCC(C)CC2)cc(C(=O)NC/C(=C/C=N)C(=N)N2CCCC2)n1C. The third-order valence-corrected chi connectivity index (χ3v) is 7.38. The molecule has 2 aliphatic heterocycles. The molecule has 164 valence electrons. The van der Waals surface area contributed by atoms with Crippen molar-refractivity contribution in [3.63, 3.8) is 0 Å². The fraction of sp³-hybridized carbons (Fsp3) is 0.591. The Labute approximate surface area is 184 Å². The van der Waals surface area contributed by atoms with Crippen LogP contribution >= 0.6 is 11.9 Å². The summed E-state index contributed by atoms with van der Waals surface area (Å²) in [5, 5.41) is 18.8. The van der Waals surface area contributed by atoms with E-state index in [1.165, 1.54) is 19.1 Å². The molecule has 2 saturated heterocycles. The molecule has 8 heteroatoms. The number of nitrogens with zero attached hydrogens (tertiary/aromatic N) is 3. The predicted octanol–water partition coefficient (Wildman–Crippen LogP) is 3.45. The van der Waals surface area contributed by atoms with Crippen LogP contribution in [0.15, 0.2) is 22.6 Å². The van der Waals surface area contributed by atoms with Gasteiger partial charge in [0.25, 0.3) is 5.91 Å². The van der Waals surface area contributed by atoms with Crippen LogP contribution in [-0.4, -0.2) is 64.5 Å². The lowest BCUT2D eigenvalue weighted by Crippen LogP contribution is -2.35. The van der Waals surface area contributed by atoms with E-state index in [1.54, 1.807) is 18.0 Å². The van der Waals surface area contributed by atoms with Gasteiger partial charge >= 0.3 is 0 Å².